The fourth-order valence-electron chi connectivity index (χ4n) is 3.01. The molecule has 6 nitrogen and oxygen atoms in total. The van der Waals surface area contributed by atoms with Crippen molar-refractivity contribution < 1.29 is 9.90 Å². The van der Waals surface area contributed by atoms with Crippen LogP contribution in [0.1, 0.15) is 13.3 Å². The molecule has 0 saturated carbocycles. The fraction of sp³-hybridized carbons (Fsp3) is 0.150. The standard InChI is InChI=1S/C20H17N3O3S2/c1-2-14(28-20-21-17(24)11-18(25)22-20)19(26)23-12-7-3-5-9-15(12)27-16-10-6-4-8-13(16)23/h3-11,14H,2H2,1H3,(H2,21,22,24,25). The highest BCUT2D eigenvalue weighted by atomic mass is 32.2. The van der Waals surface area contributed by atoms with E-state index >= 15 is 0 Å². The molecular formula is C20H17N3O3S2. The van der Waals surface area contributed by atoms with Gasteiger partial charge in [0.2, 0.25) is 11.8 Å². The van der Waals surface area contributed by atoms with Gasteiger partial charge < -0.3 is 10.1 Å². The van der Waals surface area contributed by atoms with E-state index in [4.69, 9.17) is 0 Å². The SMILES string of the molecule is CCC(Sc1nc(O)cc(=O)[nH]1)C(=O)N1c2ccccc2Sc2ccccc21. The molecule has 1 aliphatic rings. The Morgan fingerprint density at radius 2 is 1.79 bits per heavy atom. The maximum atomic E-state index is 13.5. The monoisotopic (exact) mass is 411 g/mol. The Bertz CT molecular complexity index is 1050. The van der Waals surface area contributed by atoms with Crippen LogP contribution in [0.4, 0.5) is 11.4 Å². The summed E-state index contributed by atoms with van der Waals surface area (Å²) in [6, 6.07) is 16.6. The quantitative estimate of drug-likeness (QED) is 0.495. The first-order valence-corrected chi connectivity index (χ1v) is 10.4. The van der Waals surface area contributed by atoms with Gasteiger partial charge >= 0.3 is 0 Å². The Labute approximate surface area is 170 Å². The molecule has 2 aromatic carbocycles. The second-order valence-electron chi connectivity index (χ2n) is 6.13. The fourth-order valence-corrected chi connectivity index (χ4v) is 5.01. The zero-order valence-corrected chi connectivity index (χ0v) is 16.6. The third-order valence-electron chi connectivity index (χ3n) is 4.26. The highest BCUT2D eigenvalue weighted by molar-refractivity contribution is 8.00. The Hall–Kier alpha value is -2.71. The van der Waals surface area contributed by atoms with Crippen molar-refractivity contribution >= 4 is 40.8 Å². The van der Waals surface area contributed by atoms with Crippen molar-refractivity contribution in [1.82, 2.24) is 9.97 Å². The van der Waals surface area contributed by atoms with E-state index in [1.165, 1.54) is 0 Å². The number of hydrogen-bond acceptors (Lipinski definition) is 6. The van der Waals surface area contributed by atoms with Crippen molar-refractivity contribution in [2.75, 3.05) is 4.90 Å². The van der Waals surface area contributed by atoms with Crippen molar-refractivity contribution in [3.8, 4) is 5.88 Å². The summed E-state index contributed by atoms with van der Waals surface area (Å²) in [5.74, 6) is -0.461. The van der Waals surface area contributed by atoms with Crippen LogP contribution in [-0.2, 0) is 4.79 Å². The molecule has 1 unspecified atom stereocenters. The number of nitrogens with one attached hydrogen (secondary N) is 1. The van der Waals surface area contributed by atoms with Crippen LogP contribution in [0.3, 0.4) is 0 Å². The number of rotatable bonds is 4. The number of aromatic nitrogens is 2. The highest BCUT2D eigenvalue weighted by Gasteiger charge is 2.32. The minimum Gasteiger partial charge on any atom is -0.493 e. The molecular weight excluding hydrogens is 394 g/mol. The number of carbonyl (C=O) groups is 1. The summed E-state index contributed by atoms with van der Waals surface area (Å²) in [5, 5.41) is 9.33. The number of para-hydroxylation sites is 2. The maximum absolute atomic E-state index is 13.5. The van der Waals surface area contributed by atoms with Crippen LogP contribution in [0.15, 0.2) is 74.3 Å². The zero-order valence-electron chi connectivity index (χ0n) is 15.0. The molecule has 0 bridgehead atoms. The van der Waals surface area contributed by atoms with E-state index in [-0.39, 0.29) is 16.9 Å². The van der Waals surface area contributed by atoms with Crippen LogP contribution in [0.25, 0.3) is 0 Å². The largest absolute Gasteiger partial charge is 0.493 e. The predicted octanol–water partition coefficient (Wildman–Crippen LogP) is 4.18. The summed E-state index contributed by atoms with van der Waals surface area (Å²) in [6.07, 6.45) is 0.539. The third kappa shape index (κ3) is 3.53. The molecule has 0 saturated heterocycles. The predicted molar refractivity (Wildman–Crippen MR) is 111 cm³/mol. The van der Waals surface area contributed by atoms with E-state index < -0.39 is 10.8 Å². The molecule has 142 valence electrons. The molecule has 2 heterocycles. The molecule has 0 aliphatic carbocycles. The Balaban J connectivity index is 1.73. The van der Waals surface area contributed by atoms with E-state index in [0.717, 1.165) is 39.0 Å². The first kappa shape index (κ1) is 18.6. The summed E-state index contributed by atoms with van der Waals surface area (Å²) in [6.45, 7) is 1.91. The van der Waals surface area contributed by atoms with Crippen LogP contribution < -0.4 is 10.5 Å². The topological polar surface area (TPSA) is 86.3 Å². The number of aromatic amines is 1. The highest BCUT2D eigenvalue weighted by Crippen LogP contribution is 2.48. The average molecular weight is 412 g/mol. The summed E-state index contributed by atoms with van der Waals surface area (Å²) < 4.78 is 0. The molecule has 1 aromatic heterocycles. The van der Waals surface area contributed by atoms with Gasteiger partial charge in [-0.05, 0) is 30.7 Å². The minimum absolute atomic E-state index is 0.0984. The van der Waals surface area contributed by atoms with Crippen LogP contribution in [0.2, 0.25) is 0 Å². The van der Waals surface area contributed by atoms with Gasteiger partial charge in [-0.2, -0.15) is 4.98 Å². The van der Waals surface area contributed by atoms with Gasteiger partial charge in [0.25, 0.3) is 5.56 Å². The number of aromatic hydroxyl groups is 1. The van der Waals surface area contributed by atoms with Crippen LogP contribution in [0.5, 0.6) is 5.88 Å². The lowest BCUT2D eigenvalue weighted by Crippen LogP contribution is -2.35. The summed E-state index contributed by atoms with van der Waals surface area (Å²) in [5.41, 5.74) is 1.22. The van der Waals surface area contributed by atoms with E-state index in [1.54, 1.807) is 16.7 Å². The Kier molecular flexibility index (Phi) is 5.15. The van der Waals surface area contributed by atoms with Crippen LogP contribution in [-0.4, -0.2) is 26.2 Å². The van der Waals surface area contributed by atoms with Crippen molar-refractivity contribution in [3.05, 3.63) is 65.0 Å². The molecule has 1 amide bonds. The van der Waals surface area contributed by atoms with Crippen LogP contribution in [0, 0.1) is 0 Å². The second-order valence-corrected chi connectivity index (χ2v) is 8.41. The Morgan fingerprint density at radius 1 is 1.18 bits per heavy atom. The maximum Gasteiger partial charge on any atom is 0.255 e. The number of benzene rings is 2. The first-order valence-electron chi connectivity index (χ1n) is 8.73. The first-order chi connectivity index (χ1) is 13.6. The van der Waals surface area contributed by atoms with Gasteiger partial charge in [-0.1, -0.05) is 54.7 Å². The summed E-state index contributed by atoms with van der Waals surface area (Å²) >= 11 is 2.78. The van der Waals surface area contributed by atoms with Gasteiger partial charge in [-0.3, -0.25) is 14.5 Å². The lowest BCUT2D eigenvalue weighted by atomic mass is 10.2. The smallest absolute Gasteiger partial charge is 0.255 e. The zero-order chi connectivity index (χ0) is 19.7. The second kappa shape index (κ2) is 7.73. The van der Waals surface area contributed by atoms with Crippen molar-refractivity contribution in [2.24, 2.45) is 0 Å². The average Bonchev–Trinajstić information content (AvgIpc) is 2.69. The number of fused-ring (bicyclic) bond motifs is 2. The summed E-state index contributed by atoms with van der Waals surface area (Å²) in [4.78, 5) is 35.4. The number of nitrogens with zero attached hydrogens (tertiary/aromatic N) is 2. The number of hydrogen-bond donors (Lipinski definition) is 2. The third-order valence-corrected chi connectivity index (χ3v) is 6.63. The van der Waals surface area contributed by atoms with E-state index in [1.807, 2.05) is 55.5 Å². The molecule has 0 spiro atoms. The molecule has 1 aliphatic heterocycles. The van der Waals surface area contributed by atoms with Gasteiger partial charge in [0.1, 0.15) is 0 Å². The molecule has 4 rings (SSSR count). The van der Waals surface area contributed by atoms with Gasteiger partial charge in [0.15, 0.2) is 5.16 Å². The molecule has 1 atom stereocenters. The molecule has 0 radical (unpaired) electrons. The molecule has 28 heavy (non-hydrogen) atoms. The lowest BCUT2D eigenvalue weighted by molar-refractivity contribution is -0.117. The van der Waals surface area contributed by atoms with E-state index in [0.29, 0.717) is 6.42 Å². The number of anilines is 2. The number of H-pyrrole nitrogens is 1. The minimum atomic E-state index is -0.478. The molecule has 0 fully saturated rings. The van der Waals surface area contributed by atoms with Crippen molar-refractivity contribution in [1.29, 1.82) is 0 Å². The molecule has 2 N–H and O–H groups in total. The van der Waals surface area contributed by atoms with E-state index in [2.05, 4.69) is 9.97 Å². The number of amides is 1. The van der Waals surface area contributed by atoms with Crippen LogP contribution >= 0.6 is 23.5 Å². The van der Waals surface area contributed by atoms with Crippen molar-refractivity contribution in [2.45, 2.75) is 33.5 Å². The number of thioether (sulfide) groups is 1. The van der Waals surface area contributed by atoms with Gasteiger partial charge in [-0.15, -0.1) is 0 Å². The molecule has 8 heteroatoms. The van der Waals surface area contributed by atoms with Crippen molar-refractivity contribution in [3.63, 3.8) is 0 Å². The van der Waals surface area contributed by atoms with E-state index in [9.17, 15) is 14.7 Å². The lowest BCUT2D eigenvalue weighted by Gasteiger charge is -2.33. The van der Waals surface area contributed by atoms with Gasteiger partial charge in [-0.25, -0.2) is 0 Å². The number of carbonyl (C=O) groups excluding carboxylic acids is 1. The summed E-state index contributed by atoms with van der Waals surface area (Å²) in [7, 11) is 0. The molecule has 3 aromatic rings. The van der Waals surface area contributed by atoms with Gasteiger partial charge in [0, 0.05) is 9.79 Å². The van der Waals surface area contributed by atoms with Gasteiger partial charge in [0.05, 0.1) is 22.7 Å². The Morgan fingerprint density at radius 3 is 2.36 bits per heavy atom. The normalized spacial score (nSPS) is 13.5.